The number of carbonyl (C=O) groups is 1. The van der Waals surface area contributed by atoms with E-state index < -0.39 is 17.0 Å². The van der Waals surface area contributed by atoms with Gasteiger partial charge in [-0.1, -0.05) is 0 Å². The minimum absolute atomic E-state index is 0.0216. The van der Waals surface area contributed by atoms with Crippen LogP contribution in [0.5, 0.6) is 0 Å². The molecule has 22 heavy (non-hydrogen) atoms. The van der Waals surface area contributed by atoms with E-state index in [9.17, 15) is 14.9 Å². The number of anilines is 1. The number of piperazine rings is 1. The molecule has 7 heteroatoms. The molecular weight excluding hydrogens is 286 g/mol. The Morgan fingerprint density at radius 3 is 2.50 bits per heavy atom. The summed E-state index contributed by atoms with van der Waals surface area (Å²) in [6, 6.07) is 5.01. The van der Waals surface area contributed by atoms with Gasteiger partial charge in [-0.2, -0.15) is 0 Å². The fourth-order valence-corrected chi connectivity index (χ4v) is 2.61. The monoisotopic (exact) mass is 307 g/mol. The zero-order chi connectivity index (χ0) is 16.3. The van der Waals surface area contributed by atoms with Crippen LogP contribution in [0.2, 0.25) is 0 Å². The molecular formula is C15H21N3O4. The van der Waals surface area contributed by atoms with E-state index in [1.807, 2.05) is 0 Å². The van der Waals surface area contributed by atoms with Crippen molar-refractivity contribution in [3.63, 3.8) is 0 Å². The summed E-state index contributed by atoms with van der Waals surface area (Å²) < 4.78 is 5.12. The number of hydrogen-bond acceptors (Lipinski definition) is 6. The van der Waals surface area contributed by atoms with Crippen molar-refractivity contribution in [2.45, 2.75) is 20.0 Å². The molecule has 0 saturated carbocycles. The van der Waals surface area contributed by atoms with E-state index in [4.69, 9.17) is 4.74 Å². The number of hydrogen-bond donors (Lipinski definition) is 0. The van der Waals surface area contributed by atoms with Crippen molar-refractivity contribution < 1.29 is 14.5 Å². The summed E-state index contributed by atoms with van der Waals surface area (Å²) >= 11 is 0. The smallest absolute Gasteiger partial charge is 0.303 e. The second-order valence-corrected chi connectivity index (χ2v) is 5.54. The second kappa shape index (κ2) is 6.74. The molecule has 0 aromatic heterocycles. The number of nitro groups is 1. The Kier molecular flexibility index (Phi) is 4.97. The largest absolute Gasteiger partial charge is 0.458 e. The van der Waals surface area contributed by atoms with Crippen molar-refractivity contribution in [2.75, 3.05) is 38.1 Å². The van der Waals surface area contributed by atoms with Crippen molar-refractivity contribution in [2.24, 2.45) is 0 Å². The summed E-state index contributed by atoms with van der Waals surface area (Å²) in [6.07, 6.45) is -0.648. The number of ether oxygens (including phenoxy) is 1. The summed E-state index contributed by atoms with van der Waals surface area (Å²) in [7, 11) is 2.07. The zero-order valence-corrected chi connectivity index (χ0v) is 13.1. The maximum absolute atomic E-state index is 11.2. The van der Waals surface area contributed by atoms with E-state index in [1.165, 1.54) is 13.0 Å². The van der Waals surface area contributed by atoms with E-state index in [0.29, 0.717) is 5.56 Å². The number of carbonyl (C=O) groups excluding carboxylic acids is 1. The molecule has 1 fully saturated rings. The first kappa shape index (κ1) is 16.2. The van der Waals surface area contributed by atoms with Gasteiger partial charge < -0.3 is 14.5 Å². The molecule has 120 valence electrons. The summed E-state index contributed by atoms with van der Waals surface area (Å²) in [5, 5.41) is 11.2. The highest BCUT2D eigenvalue weighted by Gasteiger charge is 2.23. The SMILES string of the molecule is CC(=O)OC(C)c1cc(N2CCN(C)CC2)ccc1[N+](=O)[O-]. The Balaban J connectivity index is 2.30. The number of benzene rings is 1. The molecule has 0 radical (unpaired) electrons. The molecule has 1 aliphatic rings. The third-order valence-electron chi connectivity index (χ3n) is 3.86. The van der Waals surface area contributed by atoms with Crippen LogP contribution in [0.25, 0.3) is 0 Å². The highest BCUT2D eigenvalue weighted by molar-refractivity contribution is 5.67. The third kappa shape index (κ3) is 3.73. The number of rotatable bonds is 4. The Morgan fingerprint density at radius 2 is 1.95 bits per heavy atom. The van der Waals surface area contributed by atoms with Gasteiger partial charge in [-0.3, -0.25) is 14.9 Å². The lowest BCUT2D eigenvalue weighted by Gasteiger charge is -2.34. The average molecular weight is 307 g/mol. The fraction of sp³-hybridized carbons (Fsp3) is 0.533. The fourth-order valence-electron chi connectivity index (χ4n) is 2.61. The van der Waals surface area contributed by atoms with Gasteiger partial charge in [-0.25, -0.2) is 0 Å². The number of esters is 1. The average Bonchev–Trinajstić information content (AvgIpc) is 2.46. The molecule has 0 amide bonds. The molecule has 1 saturated heterocycles. The number of likely N-dealkylation sites (N-methyl/N-ethyl adjacent to an activating group) is 1. The quantitative estimate of drug-likeness (QED) is 0.481. The van der Waals surface area contributed by atoms with E-state index in [2.05, 4.69) is 16.8 Å². The highest BCUT2D eigenvalue weighted by atomic mass is 16.6. The molecule has 7 nitrogen and oxygen atoms in total. The van der Waals surface area contributed by atoms with Gasteiger partial charge in [0.2, 0.25) is 0 Å². The van der Waals surface area contributed by atoms with Gasteiger partial charge in [0.1, 0.15) is 6.10 Å². The molecule has 2 rings (SSSR count). The van der Waals surface area contributed by atoms with Crippen LogP contribution < -0.4 is 4.90 Å². The van der Waals surface area contributed by atoms with E-state index in [0.717, 1.165) is 31.9 Å². The topological polar surface area (TPSA) is 75.9 Å². The van der Waals surface area contributed by atoms with Crippen LogP contribution in [0.15, 0.2) is 18.2 Å². The van der Waals surface area contributed by atoms with Crippen molar-refractivity contribution in [1.29, 1.82) is 0 Å². The molecule has 1 unspecified atom stereocenters. The second-order valence-electron chi connectivity index (χ2n) is 5.54. The maximum Gasteiger partial charge on any atom is 0.303 e. The Bertz CT molecular complexity index is 568. The summed E-state index contributed by atoms with van der Waals surface area (Å²) in [4.78, 5) is 26.3. The first-order valence-electron chi connectivity index (χ1n) is 7.27. The van der Waals surface area contributed by atoms with Gasteiger partial charge in [-0.15, -0.1) is 0 Å². The van der Waals surface area contributed by atoms with Gasteiger partial charge in [0.15, 0.2) is 0 Å². The van der Waals surface area contributed by atoms with Gasteiger partial charge in [0.05, 0.1) is 10.5 Å². The Morgan fingerprint density at radius 1 is 1.32 bits per heavy atom. The van der Waals surface area contributed by atoms with Crippen molar-refractivity contribution in [3.8, 4) is 0 Å². The number of nitro benzene ring substituents is 1. The number of nitrogens with zero attached hydrogens (tertiary/aromatic N) is 3. The third-order valence-corrected chi connectivity index (χ3v) is 3.86. The van der Waals surface area contributed by atoms with Crippen molar-refractivity contribution in [3.05, 3.63) is 33.9 Å². The summed E-state index contributed by atoms with van der Waals surface area (Å²) in [5.74, 6) is -0.452. The van der Waals surface area contributed by atoms with Crippen molar-refractivity contribution >= 4 is 17.3 Å². The van der Waals surface area contributed by atoms with E-state index in [1.54, 1.807) is 19.1 Å². The molecule has 1 aliphatic heterocycles. The predicted molar refractivity (Wildman–Crippen MR) is 83.0 cm³/mol. The minimum Gasteiger partial charge on any atom is -0.458 e. The molecule has 0 spiro atoms. The molecule has 1 heterocycles. The van der Waals surface area contributed by atoms with Crippen LogP contribution in [0.1, 0.15) is 25.5 Å². The van der Waals surface area contributed by atoms with Crippen LogP contribution in [0.4, 0.5) is 11.4 Å². The van der Waals surface area contributed by atoms with Crippen LogP contribution >= 0.6 is 0 Å². The van der Waals surface area contributed by atoms with E-state index >= 15 is 0 Å². The Labute approximate surface area is 129 Å². The minimum atomic E-state index is -0.648. The molecule has 1 aromatic rings. The van der Waals surface area contributed by atoms with Crippen LogP contribution in [0, 0.1) is 10.1 Å². The lowest BCUT2D eigenvalue weighted by atomic mass is 10.1. The van der Waals surface area contributed by atoms with Gasteiger partial charge >= 0.3 is 5.97 Å². The van der Waals surface area contributed by atoms with Crippen LogP contribution in [-0.4, -0.2) is 49.0 Å². The molecule has 0 bridgehead atoms. The normalized spacial score (nSPS) is 17.1. The molecule has 1 aromatic carbocycles. The lowest BCUT2D eigenvalue weighted by Crippen LogP contribution is -2.44. The van der Waals surface area contributed by atoms with Crippen LogP contribution in [-0.2, 0) is 9.53 Å². The van der Waals surface area contributed by atoms with Gasteiger partial charge in [-0.05, 0) is 26.1 Å². The maximum atomic E-state index is 11.2. The van der Waals surface area contributed by atoms with Crippen molar-refractivity contribution in [1.82, 2.24) is 4.90 Å². The molecule has 0 aliphatic carbocycles. The zero-order valence-electron chi connectivity index (χ0n) is 13.1. The highest BCUT2D eigenvalue weighted by Crippen LogP contribution is 2.32. The molecule has 1 atom stereocenters. The Hall–Kier alpha value is -2.15. The summed E-state index contributed by atoms with van der Waals surface area (Å²) in [6.45, 7) is 6.59. The predicted octanol–water partition coefficient (Wildman–Crippen LogP) is 1.97. The summed E-state index contributed by atoms with van der Waals surface area (Å²) in [5.41, 5.74) is 1.33. The van der Waals surface area contributed by atoms with E-state index in [-0.39, 0.29) is 5.69 Å². The molecule has 0 N–H and O–H groups in total. The van der Waals surface area contributed by atoms with Gasteiger partial charge in [0.25, 0.3) is 5.69 Å². The van der Waals surface area contributed by atoms with Gasteiger partial charge in [0, 0.05) is 44.9 Å². The van der Waals surface area contributed by atoms with Crippen LogP contribution in [0.3, 0.4) is 0 Å². The lowest BCUT2D eigenvalue weighted by molar-refractivity contribution is -0.386. The first-order chi connectivity index (χ1) is 10.4. The standard InChI is InChI=1S/C15H21N3O4/c1-11(22-12(2)19)14-10-13(4-5-15(14)18(20)21)17-8-6-16(3)7-9-17/h4-5,10-11H,6-9H2,1-3H3. The first-order valence-corrected chi connectivity index (χ1v) is 7.27.